The summed E-state index contributed by atoms with van der Waals surface area (Å²) in [5.74, 6) is 0.746. The van der Waals surface area contributed by atoms with Crippen LogP contribution in [0.2, 0.25) is 0 Å². The van der Waals surface area contributed by atoms with E-state index in [9.17, 15) is 13.2 Å². The van der Waals surface area contributed by atoms with Crippen molar-refractivity contribution in [2.45, 2.75) is 38.0 Å². The molecule has 0 aromatic heterocycles. The maximum absolute atomic E-state index is 13.0. The third kappa shape index (κ3) is 4.76. The number of nitrogens with one attached hydrogen (secondary N) is 1. The zero-order valence-electron chi connectivity index (χ0n) is 17.8. The number of amides is 1. The number of likely N-dealkylation sites (N-methyl/N-ethyl adjacent to an activating group) is 1. The molecule has 1 amide bonds. The van der Waals surface area contributed by atoms with E-state index < -0.39 is 15.9 Å². The van der Waals surface area contributed by atoms with Crippen molar-refractivity contribution in [3.05, 3.63) is 47.5 Å². The van der Waals surface area contributed by atoms with Crippen LogP contribution in [-0.2, 0) is 14.8 Å². The highest BCUT2D eigenvalue weighted by atomic mass is 32.2. The van der Waals surface area contributed by atoms with E-state index >= 15 is 0 Å². The van der Waals surface area contributed by atoms with Crippen LogP contribution in [-0.4, -0.2) is 45.4 Å². The number of nitrogens with zero attached hydrogens (tertiary/aromatic N) is 1. The summed E-state index contributed by atoms with van der Waals surface area (Å²) in [5.41, 5.74) is 2.68. The van der Waals surface area contributed by atoms with Crippen LogP contribution in [0, 0.1) is 6.92 Å². The molecule has 3 rings (SSSR count). The molecular formula is C22H28N2O5S. The first-order valence-electron chi connectivity index (χ1n) is 9.95. The predicted molar refractivity (Wildman–Crippen MR) is 116 cm³/mol. The maximum atomic E-state index is 13.0. The van der Waals surface area contributed by atoms with Gasteiger partial charge in [-0.15, -0.1) is 0 Å². The van der Waals surface area contributed by atoms with E-state index in [1.54, 1.807) is 6.07 Å². The summed E-state index contributed by atoms with van der Waals surface area (Å²) < 4.78 is 38.1. The predicted octanol–water partition coefficient (Wildman–Crippen LogP) is 3.54. The van der Waals surface area contributed by atoms with Gasteiger partial charge in [0.25, 0.3) is 0 Å². The van der Waals surface area contributed by atoms with Gasteiger partial charge in [-0.25, -0.2) is 8.42 Å². The van der Waals surface area contributed by atoms with Crippen LogP contribution in [0.3, 0.4) is 0 Å². The van der Waals surface area contributed by atoms with Gasteiger partial charge in [-0.2, -0.15) is 4.31 Å². The van der Waals surface area contributed by atoms with Crippen LogP contribution < -0.4 is 14.8 Å². The quantitative estimate of drug-likeness (QED) is 0.755. The normalized spacial score (nSPS) is 13.9. The molecule has 1 aliphatic rings. The lowest BCUT2D eigenvalue weighted by Gasteiger charge is -2.20. The number of para-hydroxylation sites is 1. The average Bonchev–Trinajstić information content (AvgIpc) is 2.94. The molecule has 2 aromatic carbocycles. The molecule has 1 N–H and O–H groups in total. The molecule has 1 aliphatic heterocycles. The first-order valence-corrected chi connectivity index (χ1v) is 11.4. The number of rotatable bonds is 6. The van der Waals surface area contributed by atoms with Crippen LogP contribution in [0.5, 0.6) is 11.5 Å². The van der Waals surface area contributed by atoms with Crippen molar-refractivity contribution in [2.75, 3.05) is 32.1 Å². The molecule has 7 nitrogen and oxygen atoms in total. The summed E-state index contributed by atoms with van der Waals surface area (Å²) >= 11 is 0. The summed E-state index contributed by atoms with van der Waals surface area (Å²) in [6.45, 7) is 6.69. The Kier molecular flexibility index (Phi) is 6.67. The highest BCUT2D eigenvalue weighted by molar-refractivity contribution is 7.89. The molecule has 0 unspecified atom stereocenters. The van der Waals surface area contributed by atoms with Crippen molar-refractivity contribution in [2.24, 2.45) is 0 Å². The van der Waals surface area contributed by atoms with E-state index in [0.29, 0.717) is 24.7 Å². The fourth-order valence-corrected chi connectivity index (χ4v) is 4.44. The molecule has 0 saturated heterocycles. The molecule has 0 spiro atoms. The summed E-state index contributed by atoms with van der Waals surface area (Å²) in [6, 6.07) is 10.3. The Morgan fingerprint density at radius 3 is 2.53 bits per heavy atom. The van der Waals surface area contributed by atoms with Crippen LogP contribution in [0.25, 0.3) is 0 Å². The van der Waals surface area contributed by atoms with E-state index in [4.69, 9.17) is 9.47 Å². The molecule has 2 aromatic rings. The zero-order chi connectivity index (χ0) is 21.9. The number of ether oxygens (including phenoxy) is 2. The number of carbonyl (C=O) groups excluding carboxylic acids is 1. The number of anilines is 1. The lowest BCUT2D eigenvalue weighted by molar-refractivity contribution is -0.116. The number of benzene rings is 2. The SMILES string of the molecule is Cc1cccc(C(C)C)c1NC(=O)CN(C)S(=O)(=O)c1ccc2c(c1)OCCCO2. The Balaban J connectivity index is 1.76. The van der Waals surface area contributed by atoms with Crippen molar-refractivity contribution >= 4 is 21.6 Å². The third-order valence-corrected chi connectivity index (χ3v) is 6.78. The van der Waals surface area contributed by atoms with E-state index in [-0.39, 0.29) is 17.4 Å². The van der Waals surface area contributed by atoms with Gasteiger partial charge in [0.2, 0.25) is 15.9 Å². The Hall–Kier alpha value is -2.58. The monoisotopic (exact) mass is 432 g/mol. The summed E-state index contributed by atoms with van der Waals surface area (Å²) in [5, 5.41) is 2.88. The first-order chi connectivity index (χ1) is 14.2. The highest BCUT2D eigenvalue weighted by Crippen LogP contribution is 2.33. The lowest BCUT2D eigenvalue weighted by Crippen LogP contribution is -2.35. The Morgan fingerprint density at radius 2 is 1.83 bits per heavy atom. The molecule has 30 heavy (non-hydrogen) atoms. The van der Waals surface area contributed by atoms with Gasteiger partial charge in [0, 0.05) is 25.2 Å². The van der Waals surface area contributed by atoms with Crippen molar-refractivity contribution in [1.82, 2.24) is 4.31 Å². The Labute approximate surface area is 178 Å². The van der Waals surface area contributed by atoms with E-state index in [1.807, 2.05) is 39.0 Å². The Morgan fingerprint density at radius 1 is 1.13 bits per heavy atom. The molecular weight excluding hydrogens is 404 g/mol. The van der Waals surface area contributed by atoms with Gasteiger partial charge in [-0.3, -0.25) is 4.79 Å². The van der Waals surface area contributed by atoms with Gasteiger partial charge in [-0.1, -0.05) is 32.0 Å². The van der Waals surface area contributed by atoms with Crippen molar-refractivity contribution in [3.63, 3.8) is 0 Å². The minimum absolute atomic E-state index is 0.0563. The highest BCUT2D eigenvalue weighted by Gasteiger charge is 2.25. The molecule has 0 saturated carbocycles. The van der Waals surface area contributed by atoms with E-state index in [1.165, 1.54) is 19.2 Å². The minimum Gasteiger partial charge on any atom is -0.490 e. The topological polar surface area (TPSA) is 84.9 Å². The number of hydrogen-bond acceptors (Lipinski definition) is 5. The number of sulfonamides is 1. The minimum atomic E-state index is -3.87. The molecule has 1 heterocycles. The van der Waals surface area contributed by atoms with Gasteiger partial charge in [-0.05, 0) is 36.1 Å². The summed E-state index contributed by atoms with van der Waals surface area (Å²) in [6.07, 6.45) is 0.730. The lowest BCUT2D eigenvalue weighted by atomic mass is 9.98. The summed E-state index contributed by atoms with van der Waals surface area (Å²) in [4.78, 5) is 12.7. The molecule has 162 valence electrons. The fourth-order valence-electron chi connectivity index (χ4n) is 3.29. The molecule has 8 heteroatoms. The summed E-state index contributed by atoms with van der Waals surface area (Å²) in [7, 11) is -2.48. The van der Waals surface area contributed by atoms with Crippen molar-refractivity contribution in [1.29, 1.82) is 0 Å². The van der Waals surface area contributed by atoms with Gasteiger partial charge in [0.1, 0.15) is 0 Å². The molecule has 0 atom stereocenters. The maximum Gasteiger partial charge on any atom is 0.243 e. The Bertz CT molecular complexity index is 1030. The van der Waals surface area contributed by atoms with Gasteiger partial charge >= 0.3 is 0 Å². The molecule has 0 radical (unpaired) electrons. The molecule has 0 fully saturated rings. The smallest absolute Gasteiger partial charge is 0.243 e. The number of hydrogen-bond donors (Lipinski definition) is 1. The second-order valence-corrected chi connectivity index (χ2v) is 9.71. The fraction of sp³-hybridized carbons (Fsp3) is 0.409. The number of carbonyl (C=O) groups is 1. The van der Waals surface area contributed by atoms with Gasteiger partial charge < -0.3 is 14.8 Å². The van der Waals surface area contributed by atoms with Crippen LogP contribution in [0.15, 0.2) is 41.3 Å². The largest absolute Gasteiger partial charge is 0.490 e. The average molecular weight is 433 g/mol. The number of aryl methyl sites for hydroxylation is 1. The van der Waals surface area contributed by atoms with Crippen molar-refractivity contribution < 1.29 is 22.7 Å². The molecule has 0 aliphatic carbocycles. The third-order valence-electron chi connectivity index (χ3n) is 4.98. The van der Waals surface area contributed by atoms with Crippen LogP contribution in [0.4, 0.5) is 5.69 Å². The van der Waals surface area contributed by atoms with E-state index in [0.717, 1.165) is 27.5 Å². The van der Waals surface area contributed by atoms with Crippen LogP contribution >= 0.6 is 0 Å². The standard InChI is InChI=1S/C22H28N2O5S/c1-15(2)18-8-5-7-16(3)22(18)23-21(25)14-24(4)30(26,27)17-9-10-19-20(13-17)29-12-6-11-28-19/h5,7-10,13,15H,6,11-12,14H2,1-4H3,(H,23,25). The van der Waals surface area contributed by atoms with Gasteiger partial charge in [0.05, 0.1) is 24.7 Å². The second-order valence-electron chi connectivity index (χ2n) is 7.66. The first kappa shape index (κ1) is 22.1. The van der Waals surface area contributed by atoms with Crippen molar-refractivity contribution in [3.8, 4) is 11.5 Å². The number of fused-ring (bicyclic) bond motifs is 1. The van der Waals surface area contributed by atoms with Crippen LogP contribution in [0.1, 0.15) is 37.3 Å². The zero-order valence-corrected chi connectivity index (χ0v) is 18.6. The molecule has 0 bridgehead atoms. The van der Waals surface area contributed by atoms with E-state index in [2.05, 4.69) is 5.32 Å². The van der Waals surface area contributed by atoms with Gasteiger partial charge in [0.15, 0.2) is 11.5 Å². The second kappa shape index (κ2) is 9.06.